The van der Waals surface area contributed by atoms with Crippen molar-refractivity contribution >= 4 is 23.2 Å². The first-order valence-corrected chi connectivity index (χ1v) is 4.90. The number of rotatable bonds is 2. The maximum absolute atomic E-state index is 9.56. The molecule has 13 heavy (non-hydrogen) atoms. The molecule has 2 N–H and O–H groups in total. The van der Waals surface area contributed by atoms with E-state index in [2.05, 4.69) is 0 Å². The lowest BCUT2D eigenvalue weighted by Crippen LogP contribution is -2.26. The second-order valence-electron chi connectivity index (χ2n) is 3.12. The van der Waals surface area contributed by atoms with Gasteiger partial charge in [0.05, 0.1) is 16.2 Å². The quantitative estimate of drug-likeness (QED) is 0.752. The Bertz CT molecular complexity index is 256. The van der Waals surface area contributed by atoms with Gasteiger partial charge in [-0.15, -0.1) is 0 Å². The molecule has 0 unspecified atom stereocenters. The van der Waals surface area contributed by atoms with E-state index >= 15 is 0 Å². The maximum atomic E-state index is 9.56. The van der Waals surface area contributed by atoms with E-state index in [0.717, 1.165) is 6.42 Å². The Morgan fingerprint density at radius 3 is 2.54 bits per heavy atom. The van der Waals surface area contributed by atoms with Crippen LogP contribution in [0.2, 0.25) is 0 Å². The van der Waals surface area contributed by atoms with Crippen LogP contribution in [0, 0.1) is 0 Å². The summed E-state index contributed by atoms with van der Waals surface area (Å²) in [6.45, 7) is 1.52. The van der Waals surface area contributed by atoms with E-state index in [-0.39, 0.29) is 0 Å². The van der Waals surface area contributed by atoms with Crippen LogP contribution in [0.5, 0.6) is 0 Å². The van der Waals surface area contributed by atoms with E-state index in [1.165, 1.54) is 6.92 Å². The number of aliphatic hydroxyl groups is 2. The van der Waals surface area contributed by atoms with E-state index in [1.54, 1.807) is 0 Å². The highest BCUT2D eigenvalue weighted by Crippen LogP contribution is 2.33. The van der Waals surface area contributed by atoms with Gasteiger partial charge in [0.2, 0.25) is 0 Å². The predicted octanol–water partition coefficient (Wildman–Crippen LogP) is 2.14. The summed E-state index contributed by atoms with van der Waals surface area (Å²) in [7, 11) is 0. The average Bonchev–Trinajstić information content (AvgIpc) is 2.08. The Balaban J connectivity index is 2.90. The van der Waals surface area contributed by atoms with Crippen LogP contribution >= 0.6 is 23.2 Å². The van der Waals surface area contributed by atoms with Crippen molar-refractivity contribution < 1.29 is 10.2 Å². The van der Waals surface area contributed by atoms with Gasteiger partial charge in [0.15, 0.2) is 0 Å². The normalized spacial score (nSPS) is 22.7. The third-order valence-corrected chi connectivity index (χ3v) is 2.93. The first kappa shape index (κ1) is 11.1. The molecule has 1 aliphatic carbocycles. The van der Waals surface area contributed by atoms with E-state index in [9.17, 15) is 10.2 Å². The highest BCUT2D eigenvalue weighted by atomic mass is 35.5. The topological polar surface area (TPSA) is 40.5 Å². The zero-order valence-corrected chi connectivity index (χ0v) is 8.81. The Labute approximate surface area is 87.5 Å². The standard InChI is InChI=1S/C9H12Cl2O2/c1-5(12)9(13)6-3-2-4-7(10)8(6)11/h4-5,9,12-13H,2-3H2,1H3/t5-,9+/m1/s1. The molecule has 0 aromatic heterocycles. The van der Waals surface area contributed by atoms with Gasteiger partial charge in [0, 0.05) is 0 Å². The third kappa shape index (κ3) is 2.47. The van der Waals surface area contributed by atoms with Crippen molar-refractivity contribution in [2.45, 2.75) is 32.0 Å². The van der Waals surface area contributed by atoms with Crippen LogP contribution in [0.1, 0.15) is 19.8 Å². The molecule has 74 valence electrons. The van der Waals surface area contributed by atoms with Gasteiger partial charge in [-0.3, -0.25) is 0 Å². The molecule has 0 saturated carbocycles. The first-order chi connectivity index (χ1) is 6.04. The second-order valence-corrected chi connectivity index (χ2v) is 3.90. The van der Waals surface area contributed by atoms with Crippen molar-refractivity contribution in [3.8, 4) is 0 Å². The maximum Gasteiger partial charge on any atom is 0.102 e. The summed E-state index contributed by atoms with van der Waals surface area (Å²) in [4.78, 5) is 0. The SMILES string of the molecule is C[C@@H](O)[C@H](O)C1=C(Cl)C(Cl)=CCC1. The number of aliphatic hydroxyl groups excluding tert-OH is 2. The molecule has 0 aromatic carbocycles. The lowest BCUT2D eigenvalue weighted by molar-refractivity contribution is 0.0523. The van der Waals surface area contributed by atoms with Gasteiger partial charge in [-0.05, 0) is 25.3 Å². The summed E-state index contributed by atoms with van der Waals surface area (Å²) in [5.41, 5.74) is 0.629. The monoisotopic (exact) mass is 222 g/mol. The molecule has 4 heteroatoms. The van der Waals surface area contributed by atoms with Crippen molar-refractivity contribution in [3.05, 3.63) is 21.7 Å². The smallest absolute Gasteiger partial charge is 0.102 e. The average molecular weight is 223 g/mol. The molecule has 0 aliphatic heterocycles. The van der Waals surface area contributed by atoms with Gasteiger partial charge in [-0.2, -0.15) is 0 Å². The van der Waals surface area contributed by atoms with E-state index < -0.39 is 12.2 Å². The Morgan fingerprint density at radius 1 is 1.38 bits per heavy atom. The van der Waals surface area contributed by atoms with E-state index in [4.69, 9.17) is 23.2 Å². The number of halogens is 2. The summed E-state index contributed by atoms with van der Waals surface area (Å²) in [6, 6.07) is 0. The molecule has 0 amide bonds. The van der Waals surface area contributed by atoms with E-state index in [1.807, 2.05) is 6.08 Å². The molecule has 1 aliphatic rings. The van der Waals surface area contributed by atoms with Gasteiger partial charge < -0.3 is 10.2 Å². The number of allylic oxidation sites excluding steroid dienone is 3. The zero-order valence-electron chi connectivity index (χ0n) is 7.30. The lowest BCUT2D eigenvalue weighted by atomic mass is 9.97. The summed E-state index contributed by atoms with van der Waals surface area (Å²) in [5, 5.41) is 19.6. The van der Waals surface area contributed by atoms with Crippen LogP contribution in [0.3, 0.4) is 0 Å². The third-order valence-electron chi connectivity index (χ3n) is 2.04. The van der Waals surface area contributed by atoms with Crippen molar-refractivity contribution in [2.24, 2.45) is 0 Å². The molecule has 0 heterocycles. The number of hydrogen-bond donors (Lipinski definition) is 2. The summed E-state index contributed by atoms with van der Waals surface area (Å²) in [6.07, 6.45) is 1.50. The minimum absolute atomic E-state index is 0.376. The molecule has 0 fully saturated rings. The lowest BCUT2D eigenvalue weighted by Gasteiger charge is -2.21. The highest BCUT2D eigenvalue weighted by molar-refractivity contribution is 6.44. The predicted molar refractivity (Wildman–Crippen MR) is 53.7 cm³/mol. The minimum Gasteiger partial charge on any atom is -0.390 e. The fourth-order valence-electron chi connectivity index (χ4n) is 1.28. The molecule has 0 aromatic rings. The Morgan fingerprint density at radius 2 is 2.00 bits per heavy atom. The molecular weight excluding hydrogens is 211 g/mol. The Hall–Kier alpha value is -0.0200. The molecule has 2 nitrogen and oxygen atoms in total. The van der Waals surface area contributed by atoms with Crippen LogP contribution in [0.15, 0.2) is 21.7 Å². The largest absolute Gasteiger partial charge is 0.390 e. The van der Waals surface area contributed by atoms with Gasteiger partial charge >= 0.3 is 0 Å². The molecule has 1 rings (SSSR count). The van der Waals surface area contributed by atoms with Crippen molar-refractivity contribution in [1.29, 1.82) is 0 Å². The molecule has 2 atom stereocenters. The molecular formula is C9H12Cl2O2. The first-order valence-electron chi connectivity index (χ1n) is 4.14. The van der Waals surface area contributed by atoms with Crippen LogP contribution < -0.4 is 0 Å². The highest BCUT2D eigenvalue weighted by Gasteiger charge is 2.22. The van der Waals surface area contributed by atoms with Crippen molar-refractivity contribution in [1.82, 2.24) is 0 Å². The summed E-state index contributed by atoms with van der Waals surface area (Å²) in [5.74, 6) is 0. The van der Waals surface area contributed by atoms with Crippen molar-refractivity contribution in [3.63, 3.8) is 0 Å². The van der Waals surface area contributed by atoms with Crippen LogP contribution in [-0.2, 0) is 0 Å². The van der Waals surface area contributed by atoms with Gasteiger partial charge in [-0.1, -0.05) is 29.3 Å². The molecule has 0 spiro atoms. The minimum atomic E-state index is -0.907. The number of hydrogen-bond acceptors (Lipinski definition) is 2. The van der Waals surface area contributed by atoms with E-state index in [0.29, 0.717) is 22.1 Å². The Kier molecular flexibility index (Phi) is 3.80. The van der Waals surface area contributed by atoms with Crippen LogP contribution in [-0.4, -0.2) is 22.4 Å². The van der Waals surface area contributed by atoms with Gasteiger partial charge in [-0.25, -0.2) is 0 Å². The summed E-state index contributed by atoms with van der Waals surface area (Å²) >= 11 is 11.7. The van der Waals surface area contributed by atoms with Crippen LogP contribution in [0.4, 0.5) is 0 Å². The fourth-order valence-corrected chi connectivity index (χ4v) is 1.79. The fraction of sp³-hybridized carbons (Fsp3) is 0.556. The molecule has 0 radical (unpaired) electrons. The molecule has 0 saturated heterocycles. The van der Waals surface area contributed by atoms with Crippen molar-refractivity contribution in [2.75, 3.05) is 0 Å². The van der Waals surface area contributed by atoms with Gasteiger partial charge in [0.1, 0.15) is 6.10 Å². The summed E-state index contributed by atoms with van der Waals surface area (Å²) < 4.78 is 0. The second kappa shape index (κ2) is 4.47. The van der Waals surface area contributed by atoms with Gasteiger partial charge in [0.25, 0.3) is 0 Å². The zero-order chi connectivity index (χ0) is 10.0. The molecule has 0 bridgehead atoms. The van der Waals surface area contributed by atoms with Crippen LogP contribution in [0.25, 0.3) is 0 Å².